The van der Waals surface area contributed by atoms with Crippen molar-refractivity contribution in [2.45, 2.75) is 6.42 Å². The van der Waals surface area contributed by atoms with E-state index in [0.717, 1.165) is 15.7 Å². The highest BCUT2D eigenvalue weighted by Gasteiger charge is 2.13. The molecule has 0 saturated carbocycles. The molecule has 2 rings (SSSR count). The number of aromatic nitrogens is 2. The van der Waals surface area contributed by atoms with E-state index in [0.29, 0.717) is 12.2 Å². The largest absolute Gasteiger partial charge is 0.379 e. The van der Waals surface area contributed by atoms with E-state index in [1.54, 1.807) is 23.0 Å². The van der Waals surface area contributed by atoms with Crippen molar-refractivity contribution in [3.8, 4) is 0 Å². The van der Waals surface area contributed by atoms with Gasteiger partial charge in [0.25, 0.3) is 5.69 Å². The number of rotatable bonds is 5. The molecule has 6 nitrogen and oxygen atoms in total. The summed E-state index contributed by atoms with van der Waals surface area (Å²) >= 11 is 2.06. The van der Waals surface area contributed by atoms with Crippen LogP contribution in [0, 0.1) is 13.7 Å². The number of benzene rings is 1. The van der Waals surface area contributed by atoms with E-state index >= 15 is 0 Å². The lowest BCUT2D eigenvalue weighted by Gasteiger charge is -2.07. The molecule has 7 heteroatoms. The standard InChI is InChI=1S/C12H13IN4O2/c1-16-10(5-7-15-16)4-6-14-11-3-2-9(13)8-12(11)17(18)19/h2-3,5,7-8,14H,4,6H2,1H3. The molecule has 19 heavy (non-hydrogen) atoms. The van der Waals surface area contributed by atoms with Crippen LogP contribution in [0.4, 0.5) is 11.4 Å². The second kappa shape index (κ2) is 6.00. The van der Waals surface area contributed by atoms with Crippen LogP contribution in [-0.4, -0.2) is 21.2 Å². The Morgan fingerprint density at radius 2 is 2.26 bits per heavy atom. The quantitative estimate of drug-likeness (QED) is 0.498. The number of halogens is 1. The van der Waals surface area contributed by atoms with E-state index in [1.807, 2.05) is 19.2 Å². The highest BCUT2D eigenvalue weighted by Crippen LogP contribution is 2.26. The van der Waals surface area contributed by atoms with Crippen molar-refractivity contribution in [2.24, 2.45) is 7.05 Å². The highest BCUT2D eigenvalue weighted by molar-refractivity contribution is 14.1. The minimum absolute atomic E-state index is 0.108. The van der Waals surface area contributed by atoms with Gasteiger partial charge in [-0.3, -0.25) is 14.8 Å². The fourth-order valence-electron chi connectivity index (χ4n) is 1.78. The number of nitrogens with zero attached hydrogens (tertiary/aromatic N) is 3. The summed E-state index contributed by atoms with van der Waals surface area (Å²) in [5.74, 6) is 0. The van der Waals surface area contributed by atoms with Crippen LogP contribution in [0.3, 0.4) is 0 Å². The summed E-state index contributed by atoms with van der Waals surface area (Å²) in [6.07, 6.45) is 2.50. The second-order valence-electron chi connectivity index (χ2n) is 4.04. The zero-order chi connectivity index (χ0) is 13.8. The van der Waals surface area contributed by atoms with E-state index in [1.165, 1.54) is 0 Å². The van der Waals surface area contributed by atoms with Crippen molar-refractivity contribution in [1.29, 1.82) is 0 Å². The molecule has 0 aliphatic heterocycles. The van der Waals surface area contributed by atoms with E-state index in [2.05, 4.69) is 33.0 Å². The maximum absolute atomic E-state index is 11.0. The Kier molecular flexibility index (Phi) is 4.35. The van der Waals surface area contributed by atoms with Gasteiger partial charge in [0.1, 0.15) is 5.69 Å². The molecule has 0 atom stereocenters. The van der Waals surface area contributed by atoms with Crippen LogP contribution in [0.5, 0.6) is 0 Å². The van der Waals surface area contributed by atoms with Crippen molar-refractivity contribution in [1.82, 2.24) is 9.78 Å². The second-order valence-corrected chi connectivity index (χ2v) is 5.29. The molecule has 0 amide bonds. The van der Waals surface area contributed by atoms with E-state index < -0.39 is 0 Å². The number of hydrogen-bond donors (Lipinski definition) is 1. The number of nitro groups is 1. The maximum Gasteiger partial charge on any atom is 0.293 e. The average Bonchev–Trinajstić information content (AvgIpc) is 2.77. The third-order valence-corrected chi connectivity index (χ3v) is 3.45. The smallest absolute Gasteiger partial charge is 0.293 e. The van der Waals surface area contributed by atoms with Gasteiger partial charge < -0.3 is 5.32 Å². The number of nitrogens with one attached hydrogen (secondary N) is 1. The number of anilines is 1. The van der Waals surface area contributed by atoms with Crippen molar-refractivity contribution in [3.05, 3.63) is 49.8 Å². The Hall–Kier alpha value is -1.64. The summed E-state index contributed by atoms with van der Waals surface area (Å²) in [6, 6.07) is 7.08. The zero-order valence-corrected chi connectivity index (χ0v) is 12.5. The fraction of sp³-hybridized carbons (Fsp3) is 0.250. The summed E-state index contributed by atoms with van der Waals surface area (Å²) in [5, 5.41) is 18.1. The van der Waals surface area contributed by atoms with Gasteiger partial charge in [0.05, 0.1) is 4.92 Å². The molecule has 0 spiro atoms. The average molecular weight is 372 g/mol. The van der Waals surface area contributed by atoms with Gasteiger partial charge in [-0.1, -0.05) is 0 Å². The van der Waals surface area contributed by atoms with Gasteiger partial charge in [-0.05, 0) is 40.8 Å². The summed E-state index contributed by atoms with van der Waals surface area (Å²) in [7, 11) is 1.88. The number of aryl methyl sites for hydroxylation is 1. The van der Waals surface area contributed by atoms with E-state index in [4.69, 9.17) is 0 Å². The van der Waals surface area contributed by atoms with Gasteiger partial charge >= 0.3 is 0 Å². The Morgan fingerprint density at radius 3 is 2.89 bits per heavy atom. The predicted octanol–water partition coefficient (Wildman–Crippen LogP) is 2.59. The molecule has 0 fully saturated rings. The third-order valence-electron chi connectivity index (χ3n) is 2.78. The summed E-state index contributed by atoms with van der Waals surface area (Å²) in [5.41, 5.74) is 1.74. The van der Waals surface area contributed by atoms with Crippen molar-refractivity contribution >= 4 is 34.0 Å². The van der Waals surface area contributed by atoms with Gasteiger partial charge in [0.2, 0.25) is 0 Å². The van der Waals surface area contributed by atoms with Gasteiger partial charge in [-0.2, -0.15) is 5.10 Å². The summed E-state index contributed by atoms with van der Waals surface area (Å²) < 4.78 is 2.64. The van der Waals surface area contributed by atoms with Crippen LogP contribution in [0.15, 0.2) is 30.5 Å². The topological polar surface area (TPSA) is 73.0 Å². The third kappa shape index (κ3) is 3.43. The van der Waals surface area contributed by atoms with Gasteiger partial charge in [0.15, 0.2) is 0 Å². The van der Waals surface area contributed by atoms with Crippen molar-refractivity contribution < 1.29 is 4.92 Å². The number of nitro benzene ring substituents is 1. The number of hydrogen-bond acceptors (Lipinski definition) is 4. The van der Waals surface area contributed by atoms with Crippen LogP contribution < -0.4 is 5.32 Å². The minimum atomic E-state index is -0.367. The summed E-state index contributed by atoms with van der Waals surface area (Å²) in [6.45, 7) is 0.626. The molecule has 0 unspecified atom stereocenters. The normalized spacial score (nSPS) is 10.4. The molecule has 1 aromatic heterocycles. The summed E-state index contributed by atoms with van der Waals surface area (Å²) in [4.78, 5) is 10.6. The van der Waals surface area contributed by atoms with Crippen LogP contribution in [0.25, 0.3) is 0 Å². The molecule has 2 aromatic rings. The van der Waals surface area contributed by atoms with Gasteiger partial charge in [-0.15, -0.1) is 0 Å². The van der Waals surface area contributed by atoms with Crippen molar-refractivity contribution in [2.75, 3.05) is 11.9 Å². The predicted molar refractivity (Wildman–Crippen MR) is 81.2 cm³/mol. The van der Waals surface area contributed by atoms with Crippen LogP contribution in [-0.2, 0) is 13.5 Å². The lowest BCUT2D eigenvalue weighted by atomic mass is 10.2. The molecule has 0 saturated heterocycles. The monoisotopic (exact) mass is 372 g/mol. The fourth-order valence-corrected chi connectivity index (χ4v) is 2.25. The molecule has 0 bridgehead atoms. The SMILES string of the molecule is Cn1nccc1CCNc1ccc(I)cc1[N+](=O)[O-]. The first-order chi connectivity index (χ1) is 9.08. The Morgan fingerprint density at radius 1 is 1.47 bits per heavy atom. The molecule has 100 valence electrons. The molecule has 1 aromatic carbocycles. The minimum Gasteiger partial charge on any atom is -0.379 e. The molecule has 0 aliphatic rings. The first kappa shape index (κ1) is 13.8. The zero-order valence-electron chi connectivity index (χ0n) is 10.3. The molecular weight excluding hydrogens is 359 g/mol. The highest BCUT2D eigenvalue weighted by atomic mass is 127. The van der Waals surface area contributed by atoms with Gasteiger partial charge in [-0.25, -0.2) is 0 Å². The molecule has 0 aliphatic carbocycles. The molecule has 1 heterocycles. The van der Waals surface area contributed by atoms with Crippen LogP contribution >= 0.6 is 22.6 Å². The van der Waals surface area contributed by atoms with Crippen LogP contribution in [0.2, 0.25) is 0 Å². The first-order valence-electron chi connectivity index (χ1n) is 5.72. The Labute approximate surface area is 124 Å². The molecule has 1 N–H and O–H groups in total. The maximum atomic E-state index is 11.0. The van der Waals surface area contributed by atoms with Gasteiger partial charge in [0, 0.05) is 41.5 Å². The first-order valence-corrected chi connectivity index (χ1v) is 6.80. The van der Waals surface area contributed by atoms with Crippen LogP contribution in [0.1, 0.15) is 5.69 Å². The Balaban J connectivity index is 2.03. The van der Waals surface area contributed by atoms with E-state index in [-0.39, 0.29) is 10.6 Å². The lowest BCUT2D eigenvalue weighted by molar-refractivity contribution is -0.384. The van der Waals surface area contributed by atoms with E-state index in [9.17, 15) is 10.1 Å². The Bertz CT molecular complexity index is 597. The molecule has 0 radical (unpaired) electrons. The lowest BCUT2D eigenvalue weighted by Crippen LogP contribution is -2.09. The molecular formula is C12H13IN4O2. The van der Waals surface area contributed by atoms with Crippen molar-refractivity contribution in [3.63, 3.8) is 0 Å².